The van der Waals surface area contributed by atoms with Gasteiger partial charge in [0, 0.05) is 5.69 Å². The Balaban J connectivity index is 2.79. The molecule has 0 unspecified atom stereocenters. The molecule has 4 heteroatoms. The predicted octanol–water partition coefficient (Wildman–Crippen LogP) is 2.02. The van der Waals surface area contributed by atoms with Crippen LogP contribution in [0.5, 0.6) is 0 Å². The van der Waals surface area contributed by atoms with Crippen molar-refractivity contribution >= 4 is 11.7 Å². The summed E-state index contributed by atoms with van der Waals surface area (Å²) in [6.07, 6.45) is -0.0545. The van der Waals surface area contributed by atoms with Crippen molar-refractivity contribution < 1.29 is 13.9 Å². The number of aryl methyl sites for hydroxylation is 1. The normalized spacial score (nSPS) is 9.35. The van der Waals surface area contributed by atoms with Crippen molar-refractivity contribution in [2.75, 3.05) is 12.3 Å². The number of anilines is 1. The first-order valence-electron chi connectivity index (χ1n) is 5.24. The van der Waals surface area contributed by atoms with Gasteiger partial charge in [-0.25, -0.2) is 4.39 Å². The summed E-state index contributed by atoms with van der Waals surface area (Å²) < 4.78 is 18.1. The molecule has 1 aromatic rings. The molecular weight excluding hydrogens is 221 g/mol. The van der Waals surface area contributed by atoms with Gasteiger partial charge in [-0.3, -0.25) is 4.79 Å². The highest BCUT2D eigenvalue weighted by Gasteiger charge is 2.03. The lowest BCUT2D eigenvalue weighted by Crippen LogP contribution is -2.01. The summed E-state index contributed by atoms with van der Waals surface area (Å²) in [7, 11) is 0. The van der Waals surface area contributed by atoms with Gasteiger partial charge in [0.2, 0.25) is 0 Å². The van der Waals surface area contributed by atoms with Crippen LogP contribution in [0.3, 0.4) is 0 Å². The van der Waals surface area contributed by atoms with Crippen LogP contribution >= 0.6 is 0 Å². The smallest absolute Gasteiger partial charge is 0.317 e. The van der Waals surface area contributed by atoms with Gasteiger partial charge < -0.3 is 10.5 Å². The van der Waals surface area contributed by atoms with Gasteiger partial charge in [-0.15, -0.1) is 0 Å². The number of hydrogen-bond acceptors (Lipinski definition) is 3. The number of hydrogen-bond donors (Lipinski definition) is 1. The number of halogens is 1. The number of carbonyl (C=O) groups excluding carboxylic acids is 1. The van der Waals surface area contributed by atoms with Crippen LogP contribution < -0.4 is 5.73 Å². The number of nitrogens with two attached hydrogens (primary N) is 1. The molecule has 0 bridgehead atoms. The second-order valence-corrected chi connectivity index (χ2v) is 3.47. The molecule has 0 radical (unpaired) electrons. The Labute approximate surface area is 99.8 Å². The molecule has 0 heterocycles. The minimum absolute atomic E-state index is 0.0545. The third-order valence-electron chi connectivity index (χ3n) is 2.12. The summed E-state index contributed by atoms with van der Waals surface area (Å²) in [5, 5.41) is 0. The molecule has 2 N–H and O–H groups in total. The van der Waals surface area contributed by atoms with E-state index < -0.39 is 11.8 Å². The third-order valence-corrected chi connectivity index (χ3v) is 2.12. The molecule has 1 aromatic carbocycles. The fraction of sp³-hybridized carbons (Fsp3) is 0.308. The molecule has 90 valence electrons. The summed E-state index contributed by atoms with van der Waals surface area (Å²) in [6, 6.07) is 2.78. The van der Waals surface area contributed by atoms with Crippen molar-refractivity contribution in [3.63, 3.8) is 0 Å². The lowest BCUT2D eigenvalue weighted by molar-refractivity contribution is -0.141. The number of ether oxygens (including phenoxy) is 1. The molecule has 0 aliphatic rings. The van der Waals surface area contributed by atoms with Gasteiger partial charge in [0.05, 0.1) is 12.2 Å². The molecule has 1 rings (SSSR count). The van der Waals surface area contributed by atoms with E-state index in [-0.39, 0.29) is 12.0 Å². The Kier molecular flexibility index (Phi) is 4.53. The van der Waals surface area contributed by atoms with E-state index in [1.807, 2.05) is 0 Å². The summed E-state index contributed by atoms with van der Waals surface area (Å²) >= 11 is 0. The van der Waals surface area contributed by atoms with E-state index in [0.29, 0.717) is 17.9 Å². The SMILES string of the molecule is CCOC(=O)CC#Cc1cc(N)c(C)cc1F. The highest BCUT2D eigenvalue weighted by atomic mass is 19.1. The molecule has 0 aromatic heterocycles. The van der Waals surface area contributed by atoms with Crippen molar-refractivity contribution in [2.45, 2.75) is 20.3 Å². The predicted molar refractivity (Wildman–Crippen MR) is 63.7 cm³/mol. The molecule has 0 saturated carbocycles. The number of benzene rings is 1. The number of carbonyl (C=O) groups is 1. The van der Waals surface area contributed by atoms with Crippen LogP contribution in [-0.2, 0) is 9.53 Å². The van der Waals surface area contributed by atoms with Crippen LogP contribution in [0.1, 0.15) is 24.5 Å². The molecule has 17 heavy (non-hydrogen) atoms. The average molecular weight is 235 g/mol. The van der Waals surface area contributed by atoms with E-state index in [2.05, 4.69) is 11.8 Å². The van der Waals surface area contributed by atoms with Gasteiger partial charge in [-0.05, 0) is 31.5 Å². The summed E-state index contributed by atoms with van der Waals surface area (Å²) in [5.74, 6) is 4.26. The van der Waals surface area contributed by atoms with Crippen LogP contribution in [-0.4, -0.2) is 12.6 Å². The molecule has 0 fully saturated rings. The Morgan fingerprint density at radius 1 is 1.53 bits per heavy atom. The fourth-order valence-corrected chi connectivity index (χ4v) is 1.21. The van der Waals surface area contributed by atoms with Crippen LogP contribution in [0.2, 0.25) is 0 Å². The van der Waals surface area contributed by atoms with Crippen molar-refractivity contribution in [3.8, 4) is 11.8 Å². The second-order valence-electron chi connectivity index (χ2n) is 3.47. The van der Waals surface area contributed by atoms with Crippen molar-refractivity contribution in [2.24, 2.45) is 0 Å². The van der Waals surface area contributed by atoms with Crippen LogP contribution in [0, 0.1) is 24.6 Å². The minimum Gasteiger partial charge on any atom is -0.465 e. The monoisotopic (exact) mass is 235 g/mol. The maximum atomic E-state index is 13.4. The zero-order valence-corrected chi connectivity index (χ0v) is 9.84. The van der Waals surface area contributed by atoms with Gasteiger partial charge in [0.25, 0.3) is 0 Å². The van der Waals surface area contributed by atoms with E-state index in [9.17, 15) is 9.18 Å². The first-order valence-corrected chi connectivity index (χ1v) is 5.24. The first-order chi connectivity index (χ1) is 8.04. The molecule has 0 aliphatic heterocycles. The Morgan fingerprint density at radius 3 is 2.88 bits per heavy atom. The lowest BCUT2D eigenvalue weighted by atomic mass is 10.1. The van der Waals surface area contributed by atoms with E-state index in [4.69, 9.17) is 10.5 Å². The fourth-order valence-electron chi connectivity index (χ4n) is 1.21. The van der Waals surface area contributed by atoms with Crippen LogP contribution in [0.15, 0.2) is 12.1 Å². The summed E-state index contributed by atoms with van der Waals surface area (Å²) in [4.78, 5) is 11.0. The molecule has 3 nitrogen and oxygen atoms in total. The molecule has 0 atom stereocenters. The van der Waals surface area contributed by atoms with Gasteiger partial charge >= 0.3 is 5.97 Å². The zero-order chi connectivity index (χ0) is 12.8. The number of rotatable bonds is 2. The molecule has 0 saturated heterocycles. The van der Waals surface area contributed by atoms with Gasteiger partial charge in [0.1, 0.15) is 12.2 Å². The molecule has 0 spiro atoms. The van der Waals surface area contributed by atoms with Crippen molar-refractivity contribution in [1.29, 1.82) is 0 Å². The average Bonchev–Trinajstić information content (AvgIpc) is 2.26. The minimum atomic E-state index is -0.437. The highest BCUT2D eigenvalue weighted by Crippen LogP contribution is 2.16. The molecular formula is C13H14FNO2. The zero-order valence-electron chi connectivity index (χ0n) is 9.84. The molecule has 0 amide bonds. The summed E-state index contributed by atoms with van der Waals surface area (Å²) in [6.45, 7) is 3.74. The Bertz CT molecular complexity index is 486. The first kappa shape index (κ1) is 13.0. The van der Waals surface area contributed by atoms with Gasteiger partial charge in [-0.2, -0.15) is 0 Å². The van der Waals surface area contributed by atoms with Gasteiger partial charge in [-0.1, -0.05) is 11.8 Å². The van der Waals surface area contributed by atoms with Crippen molar-refractivity contribution in [3.05, 3.63) is 29.1 Å². The quantitative estimate of drug-likeness (QED) is 0.484. The van der Waals surface area contributed by atoms with E-state index in [1.54, 1.807) is 13.8 Å². The second kappa shape index (κ2) is 5.90. The number of esters is 1. The largest absolute Gasteiger partial charge is 0.465 e. The number of nitrogen functional groups attached to an aromatic ring is 1. The summed E-state index contributed by atoms with van der Waals surface area (Å²) in [5.41, 5.74) is 6.98. The maximum Gasteiger partial charge on any atom is 0.317 e. The Morgan fingerprint density at radius 2 is 2.24 bits per heavy atom. The molecule has 0 aliphatic carbocycles. The Hall–Kier alpha value is -2.02. The van der Waals surface area contributed by atoms with Crippen LogP contribution in [0.25, 0.3) is 0 Å². The van der Waals surface area contributed by atoms with E-state index in [0.717, 1.165) is 0 Å². The topological polar surface area (TPSA) is 52.3 Å². The van der Waals surface area contributed by atoms with E-state index >= 15 is 0 Å². The van der Waals surface area contributed by atoms with Crippen LogP contribution in [0.4, 0.5) is 10.1 Å². The maximum absolute atomic E-state index is 13.4. The highest BCUT2D eigenvalue weighted by molar-refractivity contribution is 5.72. The third kappa shape index (κ3) is 3.80. The lowest BCUT2D eigenvalue weighted by Gasteiger charge is -2.01. The van der Waals surface area contributed by atoms with Gasteiger partial charge in [0.15, 0.2) is 0 Å². The standard InChI is InChI=1S/C13H14FNO2/c1-3-17-13(16)6-4-5-10-8-12(15)9(2)7-11(10)14/h7-8H,3,6,15H2,1-2H3. The van der Waals surface area contributed by atoms with Crippen molar-refractivity contribution in [1.82, 2.24) is 0 Å². The van der Waals surface area contributed by atoms with E-state index in [1.165, 1.54) is 12.1 Å².